The zero-order valence-electron chi connectivity index (χ0n) is 11.3. The van der Waals surface area contributed by atoms with Gasteiger partial charge in [-0.3, -0.25) is 0 Å². The standard InChI is InChI=1S/C12H20O7/c1-4-12(17,8(2)14)11(16)19-7-9(5-6-13)10(15)18-3/h5,8,13-14,17H,4,6-7H2,1-3H3/b9-5+/t8-,12-/m1/s1. The molecule has 0 amide bonds. The van der Waals surface area contributed by atoms with Gasteiger partial charge in [-0.15, -0.1) is 0 Å². The van der Waals surface area contributed by atoms with Crippen molar-refractivity contribution in [2.45, 2.75) is 32.0 Å². The first-order valence-corrected chi connectivity index (χ1v) is 5.79. The molecule has 0 aliphatic carbocycles. The average Bonchev–Trinajstić information content (AvgIpc) is 2.40. The first-order valence-electron chi connectivity index (χ1n) is 5.79. The van der Waals surface area contributed by atoms with Crippen molar-refractivity contribution in [3.05, 3.63) is 11.6 Å². The third kappa shape index (κ3) is 4.62. The molecule has 0 aromatic rings. The Hall–Kier alpha value is -1.44. The van der Waals surface area contributed by atoms with E-state index in [1.54, 1.807) is 0 Å². The van der Waals surface area contributed by atoms with Gasteiger partial charge in [0.05, 0.1) is 25.4 Å². The Bertz CT molecular complexity index is 348. The second-order valence-electron chi connectivity index (χ2n) is 3.93. The number of aliphatic hydroxyl groups excluding tert-OH is 2. The Morgan fingerprint density at radius 1 is 1.42 bits per heavy atom. The van der Waals surface area contributed by atoms with Gasteiger partial charge in [-0.2, -0.15) is 0 Å². The second kappa shape index (κ2) is 7.88. The van der Waals surface area contributed by atoms with Crippen LogP contribution in [0.1, 0.15) is 20.3 Å². The van der Waals surface area contributed by atoms with Gasteiger partial charge >= 0.3 is 11.9 Å². The molecule has 0 heterocycles. The SMILES string of the molecule is CC[C@](O)(C(=O)OC/C(=C\CO)C(=O)OC)[C@@H](C)O. The van der Waals surface area contributed by atoms with E-state index in [4.69, 9.17) is 9.84 Å². The average molecular weight is 276 g/mol. The van der Waals surface area contributed by atoms with E-state index in [0.717, 1.165) is 13.2 Å². The number of rotatable bonds is 7. The number of hydrogen-bond acceptors (Lipinski definition) is 7. The highest BCUT2D eigenvalue weighted by Gasteiger charge is 2.41. The fourth-order valence-electron chi connectivity index (χ4n) is 1.32. The number of aliphatic hydroxyl groups is 3. The zero-order valence-corrected chi connectivity index (χ0v) is 11.3. The van der Waals surface area contributed by atoms with Crippen molar-refractivity contribution in [2.75, 3.05) is 20.3 Å². The van der Waals surface area contributed by atoms with Crippen LogP contribution in [0.2, 0.25) is 0 Å². The van der Waals surface area contributed by atoms with E-state index >= 15 is 0 Å². The van der Waals surface area contributed by atoms with Crippen molar-refractivity contribution in [3.63, 3.8) is 0 Å². The highest BCUT2D eigenvalue weighted by molar-refractivity contribution is 5.89. The fraction of sp³-hybridized carbons (Fsp3) is 0.667. The zero-order chi connectivity index (χ0) is 15.1. The summed E-state index contributed by atoms with van der Waals surface area (Å²) < 4.78 is 9.20. The van der Waals surface area contributed by atoms with Crippen LogP contribution in [0.25, 0.3) is 0 Å². The first-order chi connectivity index (χ1) is 8.83. The Morgan fingerprint density at radius 2 is 2.00 bits per heavy atom. The van der Waals surface area contributed by atoms with Crippen molar-refractivity contribution in [3.8, 4) is 0 Å². The van der Waals surface area contributed by atoms with Crippen molar-refractivity contribution < 1.29 is 34.4 Å². The van der Waals surface area contributed by atoms with Gasteiger partial charge in [0, 0.05) is 0 Å². The lowest BCUT2D eigenvalue weighted by molar-refractivity contribution is -0.176. The maximum Gasteiger partial charge on any atom is 0.341 e. The van der Waals surface area contributed by atoms with Gasteiger partial charge in [0.15, 0.2) is 5.60 Å². The van der Waals surface area contributed by atoms with Crippen LogP contribution in [0, 0.1) is 0 Å². The van der Waals surface area contributed by atoms with E-state index in [1.165, 1.54) is 13.8 Å². The molecule has 7 nitrogen and oxygen atoms in total. The maximum atomic E-state index is 11.7. The van der Waals surface area contributed by atoms with Crippen molar-refractivity contribution in [2.24, 2.45) is 0 Å². The van der Waals surface area contributed by atoms with E-state index in [0.29, 0.717) is 0 Å². The molecule has 0 aliphatic rings. The van der Waals surface area contributed by atoms with Crippen LogP contribution < -0.4 is 0 Å². The minimum absolute atomic E-state index is 0.0409. The molecule has 2 atom stereocenters. The molecule has 0 radical (unpaired) electrons. The quantitative estimate of drug-likeness (QED) is 0.409. The van der Waals surface area contributed by atoms with Crippen LogP contribution in [-0.2, 0) is 19.1 Å². The van der Waals surface area contributed by atoms with Gasteiger partial charge in [0.1, 0.15) is 6.61 Å². The molecule has 0 saturated heterocycles. The molecule has 0 aliphatic heterocycles. The van der Waals surface area contributed by atoms with Crippen LogP contribution in [-0.4, -0.2) is 59.3 Å². The summed E-state index contributed by atoms with van der Waals surface area (Å²) in [5.41, 5.74) is -2.08. The summed E-state index contributed by atoms with van der Waals surface area (Å²) in [6.45, 7) is 1.89. The predicted molar refractivity (Wildman–Crippen MR) is 65.1 cm³/mol. The van der Waals surface area contributed by atoms with E-state index < -0.39 is 36.9 Å². The number of ether oxygens (including phenoxy) is 2. The van der Waals surface area contributed by atoms with E-state index in [-0.39, 0.29) is 12.0 Å². The molecule has 0 fully saturated rings. The molecule has 3 N–H and O–H groups in total. The van der Waals surface area contributed by atoms with Crippen LogP contribution in [0.3, 0.4) is 0 Å². The van der Waals surface area contributed by atoms with Crippen LogP contribution >= 0.6 is 0 Å². The molecule has 110 valence electrons. The molecule has 0 bridgehead atoms. The minimum atomic E-state index is -2.03. The number of carbonyl (C=O) groups excluding carboxylic acids is 2. The van der Waals surface area contributed by atoms with Gasteiger partial charge in [-0.1, -0.05) is 6.92 Å². The van der Waals surface area contributed by atoms with E-state index in [1.807, 2.05) is 0 Å². The lowest BCUT2D eigenvalue weighted by Gasteiger charge is -2.27. The van der Waals surface area contributed by atoms with Gasteiger partial charge in [0.25, 0.3) is 0 Å². The Balaban J connectivity index is 4.74. The number of carbonyl (C=O) groups is 2. The Kier molecular flexibility index (Phi) is 7.28. The smallest absolute Gasteiger partial charge is 0.341 e. The molecular weight excluding hydrogens is 256 g/mol. The third-order valence-electron chi connectivity index (χ3n) is 2.73. The largest absolute Gasteiger partial charge is 0.466 e. The molecule has 19 heavy (non-hydrogen) atoms. The summed E-state index contributed by atoms with van der Waals surface area (Å²) in [7, 11) is 1.15. The van der Waals surface area contributed by atoms with E-state index in [9.17, 15) is 19.8 Å². The summed E-state index contributed by atoms with van der Waals surface area (Å²) in [5.74, 6) is -1.79. The highest BCUT2D eigenvalue weighted by atomic mass is 16.6. The molecule has 0 aromatic carbocycles. The molecule has 0 unspecified atom stereocenters. The van der Waals surface area contributed by atoms with E-state index in [2.05, 4.69) is 4.74 Å². The lowest BCUT2D eigenvalue weighted by atomic mass is 9.95. The van der Waals surface area contributed by atoms with Gasteiger partial charge in [0.2, 0.25) is 0 Å². The van der Waals surface area contributed by atoms with Gasteiger partial charge in [-0.05, 0) is 19.4 Å². The summed E-state index contributed by atoms with van der Waals surface area (Å²) in [6, 6.07) is 0. The number of esters is 2. The molecule has 0 aromatic heterocycles. The summed E-state index contributed by atoms with van der Waals surface area (Å²) in [6.07, 6.45) is -0.221. The molecule has 0 saturated carbocycles. The second-order valence-corrected chi connectivity index (χ2v) is 3.93. The minimum Gasteiger partial charge on any atom is -0.466 e. The molecular formula is C12H20O7. The van der Waals surface area contributed by atoms with Crippen LogP contribution in [0.15, 0.2) is 11.6 Å². The van der Waals surface area contributed by atoms with Crippen LogP contribution in [0.4, 0.5) is 0 Å². The summed E-state index contributed by atoms with van der Waals surface area (Å²) in [4.78, 5) is 22.9. The topological polar surface area (TPSA) is 113 Å². The van der Waals surface area contributed by atoms with Gasteiger partial charge < -0.3 is 24.8 Å². The Labute approximate surface area is 111 Å². The number of hydrogen-bond donors (Lipinski definition) is 3. The van der Waals surface area contributed by atoms with Crippen molar-refractivity contribution in [1.29, 1.82) is 0 Å². The Morgan fingerprint density at radius 3 is 2.37 bits per heavy atom. The van der Waals surface area contributed by atoms with Crippen molar-refractivity contribution in [1.82, 2.24) is 0 Å². The molecule has 7 heteroatoms. The third-order valence-corrected chi connectivity index (χ3v) is 2.73. The summed E-state index contributed by atoms with van der Waals surface area (Å²) >= 11 is 0. The van der Waals surface area contributed by atoms with Gasteiger partial charge in [-0.25, -0.2) is 9.59 Å². The van der Waals surface area contributed by atoms with Crippen LogP contribution in [0.5, 0.6) is 0 Å². The highest BCUT2D eigenvalue weighted by Crippen LogP contribution is 2.18. The number of methoxy groups -OCH3 is 1. The fourth-order valence-corrected chi connectivity index (χ4v) is 1.32. The summed E-state index contributed by atoms with van der Waals surface area (Å²) in [5, 5.41) is 28.0. The maximum absolute atomic E-state index is 11.7. The molecule has 0 spiro atoms. The predicted octanol–water partition coefficient (Wildman–Crippen LogP) is -0.857. The lowest BCUT2D eigenvalue weighted by Crippen LogP contribution is -2.49. The first kappa shape index (κ1) is 17.6. The normalized spacial score (nSPS) is 16.4. The monoisotopic (exact) mass is 276 g/mol. The molecule has 0 rings (SSSR count). The van der Waals surface area contributed by atoms with Crippen molar-refractivity contribution >= 4 is 11.9 Å².